The molecular formula is C57H39N. The fourth-order valence-corrected chi connectivity index (χ4v) is 9.45. The van der Waals surface area contributed by atoms with E-state index in [2.05, 4.69) is 241 Å². The SMILES string of the molecule is c1ccc(-c2ccc(N(c3cccc(-c4ccccc4)c3)c3ccc4ccc5cc6c(cc5c4c3)C(c3ccccc3)(c3ccccc3)c3ccccc3-6)cc2)cc1. The third-order valence-corrected chi connectivity index (χ3v) is 12.1. The van der Waals surface area contributed by atoms with Crippen LogP contribution in [0.1, 0.15) is 22.3 Å². The summed E-state index contributed by atoms with van der Waals surface area (Å²) in [5.74, 6) is 0. The minimum atomic E-state index is -0.465. The van der Waals surface area contributed by atoms with E-state index in [1.54, 1.807) is 0 Å². The van der Waals surface area contributed by atoms with E-state index in [1.807, 2.05) is 0 Å². The fourth-order valence-electron chi connectivity index (χ4n) is 9.45. The predicted octanol–water partition coefficient (Wildman–Crippen LogP) is 15.2. The Morgan fingerprint density at radius 3 is 1.47 bits per heavy atom. The van der Waals surface area contributed by atoms with Crippen LogP contribution in [0, 0.1) is 0 Å². The molecule has 0 bridgehead atoms. The average Bonchev–Trinajstić information content (AvgIpc) is 3.60. The van der Waals surface area contributed by atoms with Crippen molar-refractivity contribution in [1.82, 2.24) is 0 Å². The van der Waals surface area contributed by atoms with Gasteiger partial charge in [0.15, 0.2) is 0 Å². The largest absolute Gasteiger partial charge is 0.310 e. The number of benzene rings is 10. The molecule has 1 nitrogen and oxygen atoms in total. The first-order valence-electron chi connectivity index (χ1n) is 20.1. The molecule has 58 heavy (non-hydrogen) atoms. The normalized spacial score (nSPS) is 12.6. The van der Waals surface area contributed by atoms with E-state index < -0.39 is 5.41 Å². The van der Waals surface area contributed by atoms with E-state index in [1.165, 1.54) is 77.2 Å². The molecule has 0 amide bonds. The van der Waals surface area contributed by atoms with Crippen LogP contribution in [0.5, 0.6) is 0 Å². The molecule has 0 aliphatic heterocycles. The quantitative estimate of drug-likeness (QED) is 0.147. The molecule has 1 aliphatic carbocycles. The molecule has 0 radical (unpaired) electrons. The lowest BCUT2D eigenvalue weighted by molar-refractivity contribution is 0.769. The van der Waals surface area contributed by atoms with Crippen molar-refractivity contribution in [2.45, 2.75) is 5.41 Å². The summed E-state index contributed by atoms with van der Waals surface area (Å²) in [6, 6.07) is 86.8. The molecule has 0 saturated carbocycles. The summed E-state index contributed by atoms with van der Waals surface area (Å²) in [5.41, 5.74) is 15.4. The predicted molar refractivity (Wildman–Crippen MR) is 244 cm³/mol. The number of rotatable bonds is 7. The Labute approximate surface area is 339 Å². The van der Waals surface area contributed by atoms with Gasteiger partial charge < -0.3 is 4.90 Å². The number of hydrogen-bond acceptors (Lipinski definition) is 1. The Morgan fingerprint density at radius 2 is 0.776 bits per heavy atom. The molecule has 0 spiro atoms. The van der Waals surface area contributed by atoms with Gasteiger partial charge in [0.2, 0.25) is 0 Å². The molecule has 1 heteroatoms. The van der Waals surface area contributed by atoms with E-state index in [-0.39, 0.29) is 0 Å². The lowest BCUT2D eigenvalue weighted by Gasteiger charge is -2.34. The van der Waals surface area contributed by atoms with Gasteiger partial charge in [0.1, 0.15) is 0 Å². The zero-order valence-electron chi connectivity index (χ0n) is 32.0. The highest BCUT2D eigenvalue weighted by Crippen LogP contribution is 2.57. The highest BCUT2D eigenvalue weighted by atomic mass is 15.1. The van der Waals surface area contributed by atoms with Gasteiger partial charge in [0.05, 0.1) is 5.41 Å². The summed E-state index contributed by atoms with van der Waals surface area (Å²) in [6.07, 6.45) is 0. The lowest BCUT2D eigenvalue weighted by Crippen LogP contribution is -2.28. The van der Waals surface area contributed by atoms with E-state index in [0.29, 0.717) is 0 Å². The van der Waals surface area contributed by atoms with Gasteiger partial charge in [-0.05, 0) is 126 Å². The second-order valence-corrected chi connectivity index (χ2v) is 15.3. The smallest absolute Gasteiger partial charge is 0.0713 e. The van der Waals surface area contributed by atoms with Crippen LogP contribution in [0.4, 0.5) is 17.1 Å². The van der Waals surface area contributed by atoms with Crippen molar-refractivity contribution in [3.05, 3.63) is 259 Å². The molecule has 10 aromatic carbocycles. The molecule has 0 heterocycles. The molecule has 11 rings (SSSR count). The summed E-state index contributed by atoms with van der Waals surface area (Å²) < 4.78 is 0. The monoisotopic (exact) mass is 737 g/mol. The third-order valence-electron chi connectivity index (χ3n) is 12.1. The third kappa shape index (κ3) is 5.47. The molecule has 1 aliphatic rings. The molecule has 0 unspecified atom stereocenters. The van der Waals surface area contributed by atoms with Crippen LogP contribution in [-0.2, 0) is 5.41 Å². The van der Waals surface area contributed by atoms with Crippen LogP contribution >= 0.6 is 0 Å². The maximum atomic E-state index is 2.51. The second kappa shape index (κ2) is 13.9. The van der Waals surface area contributed by atoms with Crippen LogP contribution in [0.3, 0.4) is 0 Å². The zero-order valence-corrected chi connectivity index (χ0v) is 32.0. The van der Waals surface area contributed by atoms with Crippen molar-refractivity contribution in [2.75, 3.05) is 4.90 Å². The van der Waals surface area contributed by atoms with Crippen molar-refractivity contribution in [3.8, 4) is 33.4 Å². The van der Waals surface area contributed by atoms with Gasteiger partial charge in [-0.25, -0.2) is 0 Å². The minimum Gasteiger partial charge on any atom is -0.310 e. The highest BCUT2D eigenvalue weighted by Gasteiger charge is 2.46. The van der Waals surface area contributed by atoms with Crippen molar-refractivity contribution in [1.29, 1.82) is 0 Å². The number of fused-ring (bicyclic) bond motifs is 6. The maximum Gasteiger partial charge on any atom is 0.0713 e. The maximum absolute atomic E-state index is 2.51. The molecule has 272 valence electrons. The van der Waals surface area contributed by atoms with Gasteiger partial charge in [-0.2, -0.15) is 0 Å². The van der Waals surface area contributed by atoms with Crippen LogP contribution < -0.4 is 4.90 Å². The van der Waals surface area contributed by atoms with E-state index in [0.717, 1.165) is 17.1 Å². The van der Waals surface area contributed by atoms with E-state index in [4.69, 9.17) is 0 Å². The van der Waals surface area contributed by atoms with E-state index in [9.17, 15) is 0 Å². The zero-order chi connectivity index (χ0) is 38.5. The van der Waals surface area contributed by atoms with Crippen molar-refractivity contribution >= 4 is 38.6 Å². The highest BCUT2D eigenvalue weighted by molar-refractivity contribution is 6.11. The van der Waals surface area contributed by atoms with Crippen LogP contribution in [0.15, 0.2) is 237 Å². The Balaban J connectivity index is 1.14. The Kier molecular flexibility index (Phi) is 8.12. The fraction of sp³-hybridized carbons (Fsp3) is 0.0175. The number of anilines is 3. The lowest BCUT2D eigenvalue weighted by atomic mass is 9.67. The average molecular weight is 738 g/mol. The van der Waals surface area contributed by atoms with Crippen LogP contribution in [-0.4, -0.2) is 0 Å². The number of nitrogens with zero attached hydrogens (tertiary/aromatic N) is 1. The molecule has 0 saturated heterocycles. The molecular weight excluding hydrogens is 699 g/mol. The van der Waals surface area contributed by atoms with Gasteiger partial charge in [-0.3, -0.25) is 0 Å². The summed E-state index contributed by atoms with van der Waals surface area (Å²) in [4.78, 5) is 2.40. The summed E-state index contributed by atoms with van der Waals surface area (Å²) in [5, 5.41) is 4.93. The Morgan fingerprint density at radius 1 is 0.276 bits per heavy atom. The van der Waals surface area contributed by atoms with E-state index >= 15 is 0 Å². The molecule has 0 aromatic heterocycles. The van der Waals surface area contributed by atoms with Crippen molar-refractivity contribution < 1.29 is 0 Å². The van der Waals surface area contributed by atoms with Crippen molar-refractivity contribution in [2.24, 2.45) is 0 Å². The number of hydrogen-bond donors (Lipinski definition) is 0. The summed E-state index contributed by atoms with van der Waals surface area (Å²) in [6.45, 7) is 0. The standard InChI is InChI=1S/C57H39N/c1-5-16-40(17-6-1)42-30-33-48(34-31-42)58(49-25-15-20-44(36-49)41-18-7-2-8-19-41)50-35-32-43-28-29-45-37-54-51-26-13-14-27-55(51)57(46-21-9-3-10-22-46,47-23-11-4-12-24-47)56(54)39-53(45)52(43)38-50/h1-39H. The molecule has 0 fully saturated rings. The summed E-state index contributed by atoms with van der Waals surface area (Å²) >= 11 is 0. The Hall–Kier alpha value is -7.48. The topological polar surface area (TPSA) is 3.24 Å². The van der Waals surface area contributed by atoms with Gasteiger partial charge in [0.25, 0.3) is 0 Å². The summed E-state index contributed by atoms with van der Waals surface area (Å²) in [7, 11) is 0. The van der Waals surface area contributed by atoms with Gasteiger partial charge in [-0.15, -0.1) is 0 Å². The van der Waals surface area contributed by atoms with Crippen LogP contribution in [0.25, 0.3) is 54.9 Å². The minimum absolute atomic E-state index is 0.465. The molecule has 0 atom stereocenters. The van der Waals surface area contributed by atoms with Gasteiger partial charge in [0, 0.05) is 17.1 Å². The first-order chi connectivity index (χ1) is 28.8. The first kappa shape index (κ1) is 33.8. The Bertz CT molecular complexity index is 3040. The first-order valence-corrected chi connectivity index (χ1v) is 20.1. The molecule has 10 aromatic rings. The van der Waals surface area contributed by atoms with Gasteiger partial charge in [-0.1, -0.05) is 188 Å². The molecule has 0 N–H and O–H groups in total. The second-order valence-electron chi connectivity index (χ2n) is 15.3. The van der Waals surface area contributed by atoms with Crippen molar-refractivity contribution in [3.63, 3.8) is 0 Å². The van der Waals surface area contributed by atoms with Gasteiger partial charge >= 0.3 is 0 Å². The van der Waals surface area contributed by atoms with Crippen LogP contribution in [0.2, 0.25) is 0 Å².